The number of carbonyl (C=O) groups excluding carboxylic acids is 2. The van der Waals surface area contributed by atoms with Crippen LogP contribution in [0.15, 0.2) is 86.8 Å². The van der Waals surface area contributed by atoms with Crippen molar-refractivity contribution in [3.63, 3.8) is 0 Å². The van der Waals surface area contributed by atoms with Crippen LogP contribution in [-0.2, 0) is 10.5 Å². The number of Topliss-reactive ketones (excluding diaryl/α,β-unsaturated/α-hetero) is 1. The molecule has 1 amide bonds. The van der Waals surface area contributed by atoms with Gasteiger partial charge in [-0.1, -0.05) is 65.6 Å². The Labute approximate surface area is 207 Å². The summed E-state index contributed by atoms with van der Waals surface area (Å²) < 4.78 is 19.2. The van der Waals surface area contributed by atoms with Crippen LogP contribution >= 0.6 is 23.1 Å². The largest absolute Gasteiger partial charge is 0.503 e. The number of aryl methyl sites for hydroxylation is 1. The normalized spacial score (nSPS) is 15.8. The minimum atomic E-state index is -0.899. The van der Waals surface area contributed by atoms with Crippen LogP contribution in [0.3, 0.4) is 0 Å². The minimum absolute atomic E-state index is 0.0347. The summed E-state index contributed by atoms with van der Waals surface area (Å²) in [7, 11) is 0. The van der Waals surface area contributed by atoms with E-state index in [4.69, 9.17) is 4.42 Å². The molecule has 7 nitrogen and oxygen atoms in total. The maximum absolute atomic E-state index is 13.3. The first kappa shape index (κ1) is 23.0. The molecule has 0 saturated heterocycles. The molecule has 2 aromatic heterocycles. The molecule has 1 aliphatic heterocycles. The van der Waals surface area contributed by atoms with Crippen LogP contribution in [-0.4, -0.2) is 27.0 Å². The molecule has 4 aromatic rings. The molecule has 1 atom stereocenters. The molecule has 0 spiro atoms. The van der Waals surface area contributed by atoms with Crippen molar-refractivity contribution in [2.24, 2.45) is 0 Å². The molecule has 3 heterocycles. The molecule has 0 bridgehead atoms. The molecular weight excluding hydrogens is 489 g/mol. The van der Waals surface area contributed by atoms with Crippen molar-refractivity contribution in [1.82, 2.24) is 10.2 Å². The molecule has 2 aromatic carbocycles. The van der Waals surface area contributed by atoms with Gasteiger partial charge in [-0.2, -0.15) is 0 Å². The van der Waals surface area contributed by atoms with Gasteiger partial charge < -0.3 is 9.52 Å². The van der Waals surface area contributed by atoms with E-state index in [2.05, 4.69) is 10.2 Å². The Morgan fingerprint density at radius 3 is 2.54 bits per heavy atom. The van der Waals surface area contributed by atoms with Gasteiger partial charge in [-0.05, 0) is 42.3 Å². The van der Waals surface area contributed by atoms with Crippen LogP contribution < -0.4 is 4.90 Å². The fourth-order valence-corrected chi connectivity index (χ4v) is 5.58. The van der Waals surface area contributed by atoms with E-state index in [0.717, 1.165) is 5.56 Å². The summed E-state index contributed by atoms with van der Waals surface area (Å²) in [5.41, 5.74) is 1.46. The summed E-state index contributed by atoms with van der Waals surface area (Å²) in [6.45, 7) is 1.71. The Balaban J connectivity index is 1.47. The van der Waals surface area contributed by atoms with Gasteiger partial charge >= 0.3 is 0 Å². The fourth-order valence-electron chi connectivity index (χ4n) is 3.76. The number of halogens is 1. The number of anilines is 1. The highest BCUT2D eigenvalue weighted by molar-refractivity contribution is 8.00. The van der Waals surface area contributed by atoms with Crippen LogP contribution in [0.4, 0.5) is 9.52 Å². The molecule has 10 heteroatoms. The van der Waals surface area contributed by atoms with Gasteiger partial charge in [-0.15, -0.1) is 10.2 Å². The number of ketones is 1. The van der Waals surface area contributed by atoms with E-state index in [1.807, 2.05) is 6.07 Å². The van der Waals surface area contributed by atoms with Crippen molar-refractivity contribution in [3.05, 3.63) is 107 Å². The van der Waals surface area contributed by atoms with E-state index >= 15 is 0 Å². The van der Waals surface area contributed by atoms with Crippen LogP contribution in [0.2, 0.25) is 0 Å². The summed E-state index contributed by atoms with van der Waals surface area (Å²) >= 11 is 2.56. The molecule has 1 aliphatic rings. The van der Waals surface area contributed by atoms with Crippen molar-refractivity contribution < 1.29 is 23.5 Å². The zero-order valence-corrected chi connectivity index (χ0v) is 20.0. The predicted octanol–water partition coefficient (Wildman–Crippen LogP) is 5.65. The maximum atomic E-state index is 13.3. The number of hydrogen-bond donors (Lipinski definition) is 1. The molecule has 1 N–H and O–H groups in total. The zero-order valence-electron chi connectivity index (χ0n) is 18.3. The van der Waals surface area contributed by atoms with Gasteiger partial charge in [-0.25, -0.2) is 4.39 Å². The second-order valence-electron chi connectivity index (χ2n) is 7.76. The number of nitrogens with zero attached hydrogens (tertiary/aromatic N) is 3. The van der Waals surface area contributed by atoms with Gasteiger partial charge in [0.1, 0.15) is 11.6 Å². The van der Waals surface area contributed by atoms with Gasteiger partial charge in [0.15, 0.2) is 15.9 Å². The molecule has 1 unspecified atom stereocenters. The van der Waals surface area contributed by atoms with E-state index in [-0.39, 0.29) is 22.3 Å². The average Bonchev–Trinajstić information content (AvgIpc) is 3.57. The van der Waals surface area contributed by atoms with Gasteiger partial charge in [0.05, 0.1) is 11.6 Å². The molecular formula is C25H18FN3O4S2. The molecule has 0 radical (unpaired) electrons. The fraction of sp³-hybridized carbons (Fsp3) is 0.120. The highest BCUT2D eigenvalue weighted by atomic mass is 32.2. The summed E-state index contributed by atoms with van der Waals surface area (Å²) in [4.78, 5) is 27.8. The van der Waals surface area contributed by atoms with E-state index < -0.39 is 23.5 Å². The average molecular weight is 508 g/mol. The third-order valence-corrected chi connectivity index (χ3v) is 7.54. The number of rotatable bonds is 7. The Bertz CT molecular complexity index is 1430. The van der Waals surface area contributed by atoms with Crippen molar-refractivity contribution in [2.45, 2.75) is 23.1 Å². The highest BCUT2D eigenvalue weighted by Crippen LogP contribution is 2.43. The van der Waals surface area contributed by atoms with Crippen LogP contribution in [0.5, 0.6) is 0 Å². The smallest absolute Gasteiger partial charge is 0.296 e. The van der Waals surface area contributed by atoms with Gasteiger partial charge in [0.25, 0.3) is 5.91 Å². The van der Waals surface area contributed by atoms with Crippen LogP contribution in [0.25, 0.3) is 0 Å². The predicted molar refractivity (Wildman–Crippen MR) is 130 cm³/mol. The van der Waals surface area contributed by atoms with Crippen molar-refractivity contribution in [1.29, 1.82) is 0 Å². The Morgan fingerprint density at radius 2 is 1.86 bits per heavy atom. The van der Waals surface area contributed by atoms with E-state index in [1.54, 1.807) is 49.4 Å². The first-order valence-electron chi connectivity index (χ1n) is 10.6. The number of aromatic nitrogens is 2. The number of aliphatic hydroxyl groups is 1. The second-order valence-corrected chi connectivity index (χ2v) is 9.93. The number of amides is 1. The first-order chi connectivity index (χ1) is 16.9. The zero-order chi connectivity index (χ0) is 24.5. The van der Waals surface area contributed by atoms with Crippen molar-refractivity contribution >= 4 is 39.9 Å². The summed E-state index contributed by atoms with van der Waals surface area (Å²) in [6, 6.07) is 17.4. The van der Waals surface area contributed by atoms with Crippen molar-refractivity contribution in [2.75, 3.05) is 4.90 Å². The number of hydrogen-bond acceptors (Lipinski definition) is 8. The SMILES string of the molecule is Cc1ccc(C(=O)C2=C(O)C(=O)N(c3nnc(SCc4ccc(F)cc4)s3)C2c2ccccc2)o1. The molecule has 176 valence electrons. The first-order valence-corrected chi connectivity index (χ1v) is 12.4. The lowest BCUT2D eigenvalue weighted by molar-refractivity contribution is -0.117. The summed E-state index contributed by atoms with van der Waals surface area (Å²) in [5.74, 6) is -1.15. The Kier molecular flexibility index (Phi) is 6.23. The maximum Gasteiger partial charge on any atom is 0.296 e. The Hall–Kier alpha value is -3.76. The molecule has 0 aliphatic carbocycles. The molecule has 5 rings (SSSR count). The Morgan fingerprint density at radius 1 is 1.11 bits per heavy atom. The van der Waals surface area contributed by atoms with Crippen LogP contribution in [0.1, 0.15) is 33.5 Å². The lowest BCUT2D eigenvalue weighted by Crippen LogP contribution is -2.31. The van der Waals surface area contributed by atoms with E-state index in [0.29, 0.717) is 21.4 Å². The number of furan rings is 1. The minimum Gasteiger partial charge on any atom is -0.503 e. The van der Waals surface area contributed by atoms with Crippen LogP contribution in [0, 0.1) is 12.7 Å². The summed E-state index contributed by atoms with van der Waals surface area (Å²) in [5, 5.41) is 19.4. The molecule has 0 fully saturated rings. The topological polar surface area (TPSA) is 96.5 Å². The lowest BCUT2D eigenvalue weighted by Gasteiger charge is -2.23. The standard InChI is InChI=1S/C25H18FN3O4S2/c1-14-7-12-18(33-14)21(30)19-20(16-5-3-2-4-6-16)29(23(32)22(19)31)24-27-28-25(35-24)34-13-15-8-10-17(26)11-9-15/h2-12,20,31H,13H2,1H3. The third kappa shape index (κ3) is 4.50. The lowest BCUT2D eigenvalue weighted by atomic mass is 9.95. The van der Waals surface area contributed by atoms with E-state index in [1.165, 1.54) is 46.2 Å². The number of carbonyl (C=O) groups is 2. The van der Waals surface area contributed by atoms with Crippen molar-refractivity contribution in [3.8, 4) is 0 Å². The monoisotopic (exact) mass is 507 g/mol. The summed E-state index contributed by atoms with van der Waals surface area (Å²) in [6.07, 6.45) is 0. The number of benzene rings is 2. The second kappa shape index (κ2) is 9.47. The molecule has 35 heavy (non-hydrogen) atoms. The number of thioether (sulfide) groups is 1. The van der Waals surface area contributed by atoms with Gasteiger partial charge in [0, 0.05) is 5.75 Å². The third-order valence-electron chi connectivity index (χ3n) is 5.41. The van der Waals surface area contributed by atoms with E-state index in [9.17, 15) is 19.1 Å². The number of aliphatic hydroxyl groups excluding tert-OH is 1. The van der Waals surface area contributed by atoms with Gasteiger partial charge in [-0.3, -0.25) is 14.5 Å². The highest BCUT2D eigenvalue weighted by Gasteiger charge is 2.46. The van der Waals surface area contributed by atoms with Gasteiger partial charge in [0.2, 0.25) is 10.9 Å². The molecule has 0 saturated carbocycles. The quantitative estimate of drug-likeness (QED) is 0.196.